The number of hydrogen-bond acceptors (Lipinski definition) is 4. The van der Waals surface area contributed by atoms with Gasteiger partial charge in [-0.05, 0) is 12.8 Å². The summed E-state index contributed by atoms with van der Waals surface area (Å²) >= 11 is 0. The molecule has 1 aliphatic carbocycles. The first-order valence-electron chi connectivity index (χ1n) is 8.11. The fourth-order valence-electron chi connectivity index (χ4n) is 3.16. The lowest BCUT2D eigenvalue weighted by Gasteiger charge is -2.32. The van der Waals surface area contributed by atoms with E-state index in [0.717, 1.165) is 44.7 Å². The van der Waals surface area contributed by atoms with Crippen molar-refractivity contribution in [2.24, 2.45) is 5.92 Å². The third-order valence-corrected chi connectivity index (χ3v) is 4.68. The summed E-state index contributed by atoms with van der Waals surface area (Å²) in [6.07, 6.45) is 2.14. The van der Waals surface area contributed by atoms with Crippen LogP contribution in [0.25, 0.3) is 0 Å². The number of carbonyl (C=O) groups is 1. The van der Waals surface area contributed by atoms with Gasteiger partial charge >= 0.3 is 0 Å². The highest BCUT2D eigenvalue weighted by atomic mass is 35.5. The third-order valence-electron chi connectivity index (χ3n) is 4.68. The van der Waals surface area contributed by atoms with Gasteiger partial charge in [-0.2, -0.15) is 0 Å². The maximum atomic E-state index is 12.1. The van der Waals surface area contributed by atoms with E-state index < -0.39 is 0 Å². The van der Waals surface area contributed by atoms with Crippen LogP contribution in [0.1, 0.15) is 12.8 Å². The van der Waals surface area contributed by atoms with Crippen molar-refractivity contribution in [2.45, 2.75) is 12.8 Å². The molecular weight excluding hydrogens is 332 g/mol. The van der Waals surface area contributed by atoms with Crippen LogP contribution in [0, 0.1) is 5.92 Å². The average molecular weight is 357 g/mol. The van der Waals surface area contributed by atoms with E-state index in [2.05, 4.69) is 0 Å². The fraction of sp³-hybridized carbons (Fsp3) is 0.588. The van der Waals surface area contributed by atoms with Gasteiger partial charge in [-0.1, -0.05) is 0 Å². The lowest BCUT2D eigenvalue weighted by molar-refractivity contribution is -0.837. The quantitative estimate of drug-likeness (QED) is 0.633. The number of nitrogens with one attached hydrogen (secondary N) is 1. The van der Waals surface area contributed by atoms with Crippen LogP contribution in [-0.4, -0.2) is 58.3 Å². The molecule has 1 aliphatic heterocycles. The van der Waals surface area contributed by atoms with Crippen molar-refractivity contribution in [1.29, 1.82) is 0 Å². The van der Waals surface area contributed by atoms with Crippen molar-refractivity contribution in [2.75, 3.05) is 47.5 Å². The minimum Gasteiger partial charge on any atom is -1.00 e. The highest BCUT2D eigenvalue weighted by molar-refractivity contribution is 5.81. The topological polar surface area (TPSA) is 52.4 Å². The summed E-state index contributed by atoms with van der Waals surface area (Å²) < 4.78 is 16.2. The molecular formula is C17H25ClN2O4. The fourth-order valence-corrected chi connectivity index (χ4v) is 3.16. The summed E-state index contributed by atoms with van der Waals surface area (Å²) in [5, 5.41) is 0. The summed E-state index contributed by atoms with van der Waals surface area (Å²) in [4.78, 5) is 15.5. The van der Waals surface area contributed by atoms with E-state index in [9.17, 15) is 4.79 Å². The maximum Gasteiger partial charge on any atom is 0.226 e. The van der Waals surface area contributed by atoms with Gasteiger partial charge in [0, 0.05) is 18.1 Å². The van der Waals surface area contributed by atoms with E-state index in [1.54, 1.807) is 21.3 Å². The molecule has 1 N–H and O–H groups in total. The SMILES string of the molecule is COc1cc([NH+]2CCN(C(=O)C3CC3)CC2)cc(OC)c1OC.[Cl-]. The van der Waals surface area contributed by atoms with Gasteiger partial charge in [0.15, 0.2) is 11.5 Å². The van der Waals surface area contributed by atoms with Crippen molar-refractivity contribution in [3.63, 3.8) is 0 Å². The second-order valence-electron chi connectivity index (χ2n) is 6.12. The number of halogens is 1. The molecule has 24 heavy (non-hydrogen) atoms. The molecule has 0 unspecified atom stereocenters. The maximum absolute atomic E-state index is 12.1. The molecule has 0 spiro atoms. The molecule has 2 fully saturated rings. The lowest BCUT2D eigenvalue weighted by Crippen LogP contribution is -3.10. The minimum atomic E-state index is 0. The van der Waals surface area contributed by atoms with E-state index in [1.165, 1.54) is 4.90 Å². The Morgan fingerprint density at radius 1 is 1.04 bits per heavy atom. The van der Waals surface area contributed by atoms with Crippen LogP contribution in [0.4, 0.5) is 5.69 Å². The molecule has 1 amide bonds. The smallest absolute Gasteiger partial charge is 0.226 e. The molecule has 134 valence electrons. The van der Waals surface area contributed by atoms with Gasteiger partial charge < -0.3 is 31.5 Å². The van der Waals surface area contributed by atoms with E-state index in [0.29, 0.717) is 29.1 Å². The zero-order chi connectivity index (χ0) is 16.4. The molecule has 6 nitrogen and oxygen atoms in total. The summed E-state index contributed by atoms with van der Waals surface area (Å²) in [6.45, 7) is 3.41. The summed E-state index contributed by atoms with van der Waals surface area (Å²) in [7, 11) is 4.86. The Morgan fingerprint density at radius 3 is 2.00 bits per heavy atom. The van der Waals surface area contributed by atoms with Gasteiger partial charge in [0.1, 0.15) is 5.69 Å². The highest BCUT2D eigenvalue weighted by Crippen LogP contribution is 2.39. The molecule has 1 aromatic carbocycles. The summed E-state index contributed by atoms with van der Waals surface area (Å²) in [5.41, 5.74) is 1.11. The molecule has 1 aromatic rings. The van der Waals surface area contributed by atoms with Crippen LogP contribution < -0.4 is 31.5 Å². The number of quaternary nitrogens is 1. The number of amides is 1. The Balaban J connectivity index is 0.00000208. The number of ether oxygens (including phenoxy) is 3. The largest absolute Gasteiger partial charge is 1.00 e. The van der Waals surface area contributed by atoms with E-state index in [4.69, 9.17) is 14.2 Å². The Bertz CT molecular complexity index is 559. The van der Waals surface area contributed by atoms with Crippen molar-refractivity contribution in [3.05, 3.63) is 12.1 Å². The Morgan fingerprint density at radius 2 is 1.58 bits per heavy atom. The number of nitrogens with zero attached hydrogens (tertiary/aromatic N) is 1. The summed E-state index contributed by atoms with van der Waals surface area (Å²) in [5.74, 6) is 2.60. The van der Waals surface area contributed by atoms with Crippen LogP contribution >= 0.6 is 0 Å². The normalized spacial score (nSPS) is 17.9. The van der Waals surface area contributed by atoms with E-state index in [1.807, 2.05) is 17.0 Å². The molecule has 0 bridgehead atoms. The number of hydrogen-bond donors (Lipinski definition) is 1. The van der Waals surface area contributed by atoms with Gasteiger partial charge in [0.05, 0.1) is 47.5 Å². The third kappa shape index (κ3) is 3.70. The van der Waals surface area contributed by atoms with Gasteiger partial charge in [-0.3, -0.25) is 9.69 Å². The van der Waals surface area contributed by atoms with Crippen molar-refractivity contribution < 1.29 is 36.3 Å². The number of methoxy groups -OCH3 is 3. The predicted molar refractivity (Wildman–Crippen MR) is 85.8 cm³/mol. The van der Waals surface area contributed by atoms with Gasteiger partial charge in [-0.25, -0.2) is 0 Å². The summed E-state index contributed by atoms with van der Waals surface area (Å²) in [6, 6.07) is 3.99. The van der Waals surface area contributed by atoms with Crippen molar-refractivity contribution >= 4 is 11.6 Å². The zero-order valence-electron chi connectivity index (χ0n) is 14.4. The lowest BCUT2D eigenvalue weighted by atomic mass is 10.2. The molecule has 0 aromatic heterocycles. The van der Waals surface area contributed by atoms with Crippen LogP contribution in [0.15, 0.2) is 12.1 Å². The molecule has 7 heteroatoms. The second kappa shape index (κ2) is 7.94. The van der Waals surface area contributed by atoms with Crippen molar-refractivity contribution in [3.8, 4) is 17.2 Å². The molecule has 3 rings (SSSR count). The highest BCUT2D eigenvalue weighted by Gasteiger charge is 2.36. The monoisotopic (exact) mass is 356 g/mol. The molecule has 1 heterocycles. The average Bonchev–Trinajstić information content (AvgIpc) is 3.45. The van der Waals surface area contributed by atoms with Crippen LogP contribution in [0.3, 0.4) is 0 Å². The van der Waals surface area contributed by atoms with Gasteiger partial charge in [-0.15, -0.1) is 0 Å². The molecule has 2 aliphatic rings. The van der Waals surface area contributed by atoms with Gasteiger partial charge in [0.2, 0.25) is 11.7 Å². The minimum absolute atomic E-state index is 0. The predicted octanol–water partition coefficient (Wildman–Crippen LogP) is -2.51. The zero-order valence-corrected chi connectivity index (χ0v) is 15.2. The van der Waals surface area contributed by atoms with E-state index >= 15 is 0 Å². The van der Waals surface area contributed by atoms with Crippen LogP contribution in [0.2, 0.25) is 0 Å². The molecule has 0 atom stereocenters. The second-order valence-corrected chi connectivity index (χ2v) is 6.12. The first-order valence-corrected chi connectivity index (χ1v) is 8.11. The van der Waals surface area contributed by atoms with Gasteiger partial charge in [0.25, 0.3) is 0 Å². The molecule has 1 saturated heterocycles. The molecule has 1 saturated carbocycles. The number of benzene rings is 1. The first-order chi connectivity index (χ1) is 11.2. The Labute approximate surface area is 149 Å². The van der Waals surface area contributed by atoms with E-state index in [-0.39, 0.29) is 12.4 Å². The Hall–Kier alpha value is -1.66. The standard InChI is InChI=1S/C17H24N2O4.ClH/c1-21-14-10-13(11-15(22-2)16(14)23-3)18-6-8-19(9-7-18)17(20)12-4-5-12;/h10-12H,4-9H2,1-3H3;1H. The first kappa shape index (κ1) is 18.7. The van der Waals surface area contributed by atoms with Crippen LogP contribution in [-0.2, 0) is 4.79 Å². The number of carbonyl (C=O) groups excluding carboxylic acids is 1. The van der Waals surface area contributed by atoms with Crippen molar-refractivity contribution in [1.82, 2.24) is 4.90 Å². The Kier molecular flexibility index (Phi) is 6.18. The molecule has 0 radical (unpaired) electrons. The number of rotatable bonds is 5. The number of piperazine rings is 1. The van der Waals surface area contributed by atoms with Crippen LogP contribution in [0.5, 0.6) is 17.2 Å².